The van der Waals surface area contributed by atoms with Crippen LogP contribution < -0.4 is 11.3 Å². The summed E-state index contributed by atoms with van der Waals surface area (Å²) in [6, 6.07) is 9.26. The Morgan fingerprint density at radius 2 is 1.79 bits per heavy atom. The van der Waals surface area contributed by atoms with Crippen LogP contribution in [0.1, 0.15) is 22.7 Å². The highest BCUT2D eigenvalue weighted by Crippen LogP contribution is 2.34. The van der Waals surface area contributed by atoms with Crippen molar-refractivity contribution in [2.45, 2.75) is 13.0 Å². The Morgan fingerprint density at radius 1 is 1.16 bits per heavy atom. The maximum atomic E-state index is 13.4. The molecule has 1 unspecified atom stereocenters. The predicted molar refractivity (Wildman–Crippen MR) is 76.8 cm³/mol. The van der Waals surface area contributed by atoms with Gasteiger partial charge >= 0.3 is 0 Å². The van der Waals surface area contributed by atoms with Gasteiger partial charge in [0.2, 0.25) is 0 Å². The molecular weight excluding hydrogens is 286 g/mol. The van der Waals surface area contributed by atoms with E-state index < -0.39 is 6.04 Å². The summed E-state index contributed by atoms with van der Waals surface area (Å²) >= 11 is 12.3. The van der Waals surface area contributed by atoms with Crippen LogP contribution in [0.4, 0.5) is 4.39 Å². The molecule has 2 aromatic carbocycles. The van der Waals surface area contributed by atoms with E-state index in [-0.39, 0.29) is 5.82 Å². The first kappa shape index (κ1) is 14.3. The number of hydrogen-bond acceptors (Lipinski definition) is 2. The van der Waals surface area contributed by atoms with Gasteiger partial charge in [-0.05, 0) is 42.3 Å². The fourth-order valence-electron chi connectivity index (χ4n) is 2.04. The third kappa shape index (κ3) is 2.90. The van der Waals surface area contributed by atoms with E-state index >= 15 is 0 Å². The van der Waals surface area contributed by atoms with Crippen LogP contribution >= 0.6 is 23.2 Å². The molecule has 0 aliphatic heterocycles. The minimum Gasteiger partial charge on any atom is -0.271 e. The number of benzene rings is 2. The Morgan fingerprint density at radius 3 is 2.37 bits per heavy atom. The van der Waals surface area contributed by atoms with E-state index in [1.165, 1.54) is 12.1 Å². The predicted octanol–water partition coefficient (Wildman–Crippen LogP) is 3.99. The first-order valence-electron chi connectivity index (χ1n) is 5.70. The first-order valence-corrected chi connectivity index (χ1v) is 6.46. The first-order chi connectivity index (χ1) is 9.04. The monoisotopic (exact) mass is 298 g/mol. The largest absolute Gasteiger partial charge is 0.271 e. The average Bonchev–Trinajstić information content (AvgIpc) is 2.37. The lowest BCUT2D eigenvalue weighted by Crippen LogP contribution is -2.30. The summed E-state index contributed by atoms with van der Waals surface area (Å²) in [5, 5.41) is 0.971. The number of aryl methyl sites for hydroxylation is 1. The second kappa shape index (κ2) is 5.88. The molecule has 2 rings (SSSR count). The van der Waals surface area contributed by atoms with Gasteiger partial charge in [-0.25, -0.2) is 9.82 Å². The standard InChI is InChI=1S/C14H13Cl2FN2/c1-8-5-6-9(17)7-10(8)14(19-18)13-11(15)3-2-4-12(13)16/h2-7,14,19H,18H2,1H3. The molecule has 0 fully saturated rings. The Balaban J connectivity index is 2.59. The molecule has 100 valence electrons. The molecule has 0 spiro atoms. The van der Waals surface area contributed by atoms with Gasteiger partial charge in [0.1, 0.15) is 5.82 Å². The molecule has 2 nitrogen and oxygen atoms in total. The second-order valence-electron chi connectivity index (χ2n) is 4.24. The van der Waals surface area contributed by atoms with Gasteiger partial charge in [0, 0.05) is 15.6 Å². The number of halogens is 3. The average molecular weight is 299 g/mol. The maximum Gasteiger partial charge on any atom is 0.123 e. The Bertz CT molecular complexity index is 582. The maximum absolute atomic E-state index is 13.4. The molecule has 5 heteroatoms. The van der Waals surface area contributed by atoms with Gasteiger partial charge < -0.3 is 0 Å². The molecule has 0 amide bonds. The normalized spacial score (nSPS) is 12.5. The van der Waals surface area contributed by atoms with Crippen molar-refractivity contribution in [2.24, 2.45) is 5.84 Å². The highest BCUT2D eigenvalue weighted by molar-refractivity contribution is 6.36. The molecule has 0 aliphatic rings. The molecular formula is C14H13Cl2FN2. The van der Waals surface area contributed by atoms with Gasteiger partial charge in [0.15, 0.2) is 0 Å². The van der Waals surface area contributed by atoms with Crippen LogP contribution in [0.5, 0.6) is 0 Å². The molecule has 0 aliphatic carbocycles. The van der Waals surface area contributed by atoms with E-state index in [0.717, 1.165) is 5.56 Å². The number of rotatable bonds is 3. The summed E-state index contributed by atoms with van der Waals surface area (Å²) in [7, 11) is 0. The van der Waals surface area contributed by atoms with Crippen LogP contribution in [0.3, 0.4) is 0 Å². The summed E-state index contributed by atoms with van der Waals surface area (Å²) in [6.07, 6.45) is 0. The van der Waals surface area contributed by atoms with Gasteiger partial charge in [-0.3, -0.25) is 5.84 Å². The highest BCUT2D eigenvalue weighted by Gasteiger charge is 2.20. The van der Waals surface area contributed by atoms with Gasteiger partial charge in [-0.2, -0.15) is 0 Å². The highest BCUT2D eigenvalue weighted by atomic mass is 35.5. The molecule has 0 saturated heterocycles. The fourth-order valence-corrected chi connectivity index (χ4v) is 2.65. The van der Waals surface area contributed by atoms with Gasteiger partial charge in [0.25, 0.3) is 0 Å². The number of nitrogens with one attached hydrogen (secondary N) is 1. The molecule has 1 atom stereocenters. The second-order valence-corrected chi connectivity index (χ2v) is 5.05. The van der Waals surface area contributed by atoms with E-state index in [1.807, 2.05) is 6.92 Å². The van der Waals surface area contributed by atoms with Crippen molar-refractivity contribution < 1.29 is 4.39 Å². The zero-order valence-corrected chi connectivity index (χ0v) is 11.8. The van der Waals surface area contributed by atoms with E-state index in [0.29, 0.717) is 21.2 Å². The molecule has 0 heterocycles. The number of hydrazine groups is 1. The number of nitrogens with two attached hydrogens (primary N) is 1. The third-order valence-electron chi connectivity index (χ3n) is 3.01. The summed E-state index contributed by atoms with van der Waals surface area (Å²) < 4.78 is 13.4. The SMILES string of the molecule is Cc1ccc(F)cc1C(NN)c1c(Cl)cccc1Cl. The molecule has 0 saturated carbocycles. The molecule has 3 N–H and O–H groups in total. The zero-order valence-electron chi connectivity index (χ0n) is 10.3. The van der Waals surface area contributed by atoms with Crippen molar-refractivity contribution in [3.05, 3.63) is 69.0 Å². The van der Waals surface area contributed by atoms with Crippen molar-refractivity contribution in [3.63, 3.8) is 0 Å². The summed E-state index contributed by atoms with van der Waals surface area (Å²) in [5.74, 6) is 5.27. The lowest BCUT2D eigenvalue weighted by molar-refractivity contribution is 0.603. The van der Waals surface area contributed by atoms with Crippen LogP contribution in [0.25, 0.3) is 0 Å². The van der Waals surface area contributed by atoms with E-state index in [1.54, 1.807) is 24.3 Å². The Kier molecular flexibility index (Phi) is 4.42. The minimum atomic E-state index is -0.461. The summed E-state index contributed by atoms with van der Waals surface area (Å²) in [6.45, 7) is 1.88. The smallest absolute Gasteiger partial charge is 0.123 e. The molecule has 2 aromatic rings. The Hall–Kier alpha value is -1.13. The summed E-state index contributed by atoms with van der Waals surface area (Å²) in [4.78, 5) is 0. The van der Waals surface area contributed by atoms with Crippen molar-refractivity contribution in [3.8, 4) is 0 Å². The van der Waals surface area contributed by atoms with Crippen LogP contribution in [0.2, 0.25) is 10.0 Å². The van der Waals surface area contributed by atoms with Gasteiger partial charge in [0.05, 0.1) is 6.04 Å². The van der Waals surface area contributed by atoms with E-state index in [9.17, 15) is 4.39 Å². The van der Waals surface area contributed by atoms with Crippen molar-refractivity contribution >= 4 is 23.2 Å². The van der Waals surface area contributed by atoms with Crippen LogP contribution in [0, 0.1) is 12.7 Å². The van der Waals surface area contributed by atoms with Gasteiger partial charge in [-0.1, -0.05) is 35.3 Å². The molecule has 0 bridgehead atoms. The van der Waals surface area contributed by atoms with E-state index in [2.05, 4.69) is 5.43 Å². The topological polar surface area (TPSA) is 38.0 Å². The fraction of sp³-hybridized carbons (Fsp3) is 0.143. The van der Waals surface area contributed by atoms with Gasteiger partial charge in [-0.15, -0.1) is 0 Å². The van der Waals surface area contributed by atoms with Crippen LogP contribution in [-0.4, -0.2) is 0 Å². The van der Waals surface area contributed by atoms with Crippen LogP contribution in [-0.2, 0) is 0 Å². The summed E-state index contributed by atoms with van der Waals surface area (Å²) in [5.41, 5.74) is 4.90. The molecule has 0 radical (unpaired) electrons. The molecule has 0 aromatic heterocycles. The van der Waals surface area contributed by atoms with Crippen molar-refractivity contribution in [2.75, 3.05) is 0 Å². The Labute approximate surface area is 121 Å². The van der Waals surface area contributed by atoms with Crippen molar-refractivity contribution in [1.82, 2.24) is 5.43 Å². The number of hydrogen-bond donors (Lipinski definition) is 2. The third-order valence-corrected chi connectivity index (χ3v) is 3.67. The van der Waals surface area contributed by atoms with E-state index in [4.69, 9.17) is 29.0 Å². The van der Waals surface area contributed by atoms with Crippen molar-refractivity contribution in [1.29, 1.82) is 0 Å². The molecule has 19 heavy (non-hydrogen) atoms. The minimum absolute atomic E-state index is 0.330. The quantitative estimate of drug-likeness (QED) is 0.664. The lowest BCUT2D eigenvalue weighted by atomic mass is 9.95. The van der Waals surface area contributed by atoms with Crippen LogP contribution in [0.15, 0.2) is 36.4 Å². The zero-order chi connectivity index (χ0) is 14.0. The lowest BCUT2D eigenvalue weighted by Gasteiger charge is -2.21.